The van der Waals surface area contributed by atoms with Gasteiger partial charge in [-0.15, -0.1) is 0 Å². The molecule has 2 aromatic rings. The van der Waals surface area contributed by atoms with Crippen LogP contribution in [0.15, 0.2) is 42.5 Å². The first kappa shape index (κ1) is 13.5. The molecule has 0 aliphatic carbocycles. The Bertz CT molecular complexity index is 516. The van der Waals surface area contributed by atoms with Crippen LogP contribution in [-0.2, 0) is 0 Å². The van der Waals surface area contributed by atoms with Crippen LogP contribution in [0.5, 0.6) is 0 Å². The topological polar surface area (TPSA) is 12.0 Å². The normalized spacial score (nSPS) is 12.4. The molecule has 0 saturated heterocycles. The molecule has 0 aliphatic rings. The number of halogens is 2. The van der Waals surface area contributed by atoms with Gasteiger partial charge in [0, 0.05) is 3.57 Å². The third-order valence-corrected chi connectivity index (χ3v) is 3.61. The van der Waals surface area contributed by atoms with Crippen molar-refractivity contribution in [3.05, 3.63) is 68.5 Å². The summed E-state index contributed by atoms with van der Waals surface area (Å²) < 4.78 is 14.7. The van der Waals surface area contributed by atoms with Crippen molar-refractivity contribution in [3.8, 4) is 0 Å². The van der Waals surface area contributed by atoms with Crippen LogP contribution in [-0.4, -0.2) is 7.05 Å². The van der Waals surface area contributed by atoms with E-state index in [2.05, 4.69) is 52.2 Å². The van der Waals surface area contributed by atoms with E-state index < -0.39 is 0 Å². The van der Waals surface area contributed by atoms with Crippen LogP contribution >= 0.6 is 22.6 Å². The van der Waals surface area contributed by atoms with E-state index in [1.807, 2.05) is 20.0 Å². The Balaban J connectivity index is 2.41. The fraction of sp³-hybridized carbons (Fsp3) is 0.200. The first-order valence-corrected chi connectivity index (χ1v) is 6.88. The molecule has 0 aromatic heterocycles. The van der Waals surface area contributed by atoms with Crippen molar-refractivity contribution in [3.63, 3.8) is 0 Å². The molecule has 0 saturated carbocycles. The predicted octanol–water partition coefficient (Wildman–Crippen LogP) is 4.05. The number of hydrogen-bond donors (Lipinski definition) is 1. The minimum absolute atomic E-state index is 0.0244. The number of rotatable bonds is 3. The quantitative estimate of drug-likeness (QED) is 0.820. The summed E-state index contributed by atoms with van der Waals surface area (Å²) in [7, 11) is 1.89. The van der Waals surface area contributed by atoms with Gasteiger partial charge < -0.3 is 5.32 Å². The molecule has 0 bridgehead atoms. The van der Waals surface area contributed by atoms with Crippen LogP contribution < -0.4 is 5.32 Å². The van der Waals surface area contributed by atoms with Crippen LogP contribution in [0.1, 0.15) is 22.7 Å². The Hall–Kier alpha value is -0.940. The summed E-state index contributed by atoms with van der Waals surface area (Å²) in [5.74, 6) is -0.184. The van der Waals surface area contributed by atoms with Crippen molar-refractivity contribution >= 4 is 22.6 Å². The van der Waals surface area contributed by atoms with E-state index in [1.54, 1.807) is 12.1 Å². The fourth-order valence-electron chi connectivity index (χ4n) is 2.11. The van der Waals surface area contributed by atoms with Gasteiger partial charge >= 0.3 is 0 Å². The van der Waals surface area contributed by atoms with E-state index in [0.29, 0.717) is 0 Å². The Morgan fingerprint density at radius 1 is 1.06 bits per heavy atom. The Labute approximate surface area is 121 Å². The molecule has 1 N–H and O–H groups in total. The largest absolute Gasteiger partial charge is 0.309 e. The molecular formula is C15H15FIN. The highest BCUT2D eigenvalue weighted by Crippen LogP contribution is 2.24. The minimum atomic E-state index is -0.184. The van der Waals surface area contributed by atoms with Gasteiger partial charge in [-0.2, -0.15) is 0 Å². The number of benzene rings is 2. The summed E-state index contributed by atoms with van der Waals surface area (Å²) in [4.78, 5) is 0. The zero-order chi connectivity index (χ0) is 13.1. The number of hydrogen-bond acceptors (Lipinski definition) is 1. The molecule has 0 aliphatic heterocycles. The maximum atomic E-state index is 13.5. The Morgan fingerprint density at radius 3 is 2.28 bits per heavy atom. The van der Waals surface area contributed by atoms with Crippen LogP contribution in [0.2, 0.25) is 0 Å². The average Bonchev–Trinajstić information content (AvgIpc) is 2.31. The molecule has 2 aromatic carbocycles. The van der Waals surface area contributed by atoms with Crippen LogP contribution in [0.4, 0.5) is 4.39 Å². The van der Waals surface area contributed by atoms with Gasteiger partial charge in [0.15, 0.2) is 0 Å². The Morgan fingerprint density at radius 2 is 1.72 bits per heavy atom. The van der Waals surface area contributed by atoms with Crippen molar-refractivity contribution in [2.45, 2.75) is 13.0 Å². The van der Waals surface area contributed by atoms with E-state index >= 15 is 0 Å². The van der Waals surface area contributed by atoms with Gasteiger partial charge in [0.2, 0.25) is 0 Å². The van der Waals surface area contributed by atoms with Crippen LogP contribution in [0.3, 0.4) is 0 Å². The first-order valence-electron chi connectivity index (χ1n) is 5.80. The third kappa shape index (κ3) is 3.09. The van der Waals surface area contributed by atoms with E-state index in [4.69, 9.17) is 0 Å². The smallest absolute Gasteiger partial charge is 0.123 e. The average molecular weight is 355 g/mol. The second-order valence-electron chi connectivity index (χ2n) is 4.34. The summed E-state index contributed by atoms with van der Waals surface area (Å²) in [6.07, 6.45) is 0. The third-order valence-electron chi connectivity index (χ3n) is 2.89. The maximum Gasteiger partial charge on any atom is 0.123 e. The summed E-state index contributed by atoms with van der Waals surface area (Å²) in [5, 5.41) is 3.24. The second kappa shape index (κ2) is 5.80. The maximum absolute atomic E-state index is 13.5. The molecule has 0 radical (unpaired) electrons. The second-order valence-corrected chi connectivity index (χ2v) is 5.58. The van der Waals surface area contributed by atoms with E-state index in [9.17, 15) is 4.39 Å². The first-order chi connectivity index (χ1) is 8.60. The summed E-state index contributed by atoms with van der Waals surface area (Å²) in [6, 6.07) is 13.4. The van der Waals surface area contributed by atoms with E-state index in [-0.39, 0.29) is 11.9 Å². The van der Waals surface area contributed by atoms with Gasteiger partial charge in [-0.05, 0) is 77.5 Å². The lowest BCUT2D eigenvalue weighted by Gasteiger charge is -2.18. The lowest BCUT2D eigenvalue weighted by atomic mass is 9.97. The molecule has 1 atom stereocenters. The summed E-state index contributed by atoms with van der Waals surface area (Å²) >= 11 is 2.28. The van der Waals surface area contributed by atoms with E-state index in [0.717, 1.165) is 16.7 Å². The number of nitrogens with one attached hydrogen (secondary N) is 1. The van der Waals surface area contributed by atoms with Gasteiger partial charge in [-0.3, -0.25) is 0 Å². The highest BCUT2D eigenvalue weighted by molar-refractivity contribution is 14.1. The molecule has 1 nitrogen and oxygen atoms in total. The summed E-state index contributed by atoms with van der Waals surface area (Å²) in [6.45, 7) is 1.91. The molecule has 3 heteroatoms. The SMILES string of the molecule is CNC(c1ccc(I)cc1)c1cc(C)cc(F)c1. The molecule has 0 heterocycles. The van der Waals surface area contributed by atoms with Gasteiger partial charge in [0.25, 0.3) is 0 Å². The molecular weight excluding hydrogens is 340 g/mol. The van der Waals surface area contributed by atoms with Crippen molar-refractivity contribution in [2.24, 2.45) is 0 Å². The van der Waals surface area contributed by atoms with Crippen molar-refractivity contribution < 1.29 is 4.39 Å². The Kier molecular flexibility index (Phi) is 4.35. The van der Waals surface area contributed by atoms with Crippen LogP contribution in [0.25, 0.3) is 0 Å². The monoisotopic (exact) mass is 355 g/mol. The fourth-order valence-corrected chi connectivity index (χ4v) is 2.47. The lowest BCUT2D eigenvalue weighted by molar-refractivity contribution is 0.615. The van der Waals surface area contributed by atoms with Gasteiger partial charge in [-0.1, -0.05) is 18.2 Å². The molecule has 94 valence electrons. The molecule has 0 spiro atoms. The lowest BCUT2D eigenvalue weighted by Crippen LogP contribution is -2.18. The van der Waals surface area contributed by atoms with E-state index in [1.165, 1.54) is 3.57 Å². The minimum Gasteiger partial charge on any atom is -0.309 e. The molecule has 0 fully saturated rings. The zero-order valence-electron chi connectivity index (χ0n) is 10.4. The molecule has 2 rings (SSSR count). The molecule has 0 amide bonds. The van der Waals surface area contributed by atoms with Crippen molar-refractivity contribution in [1.82, 2.24) is 5.32 Å². The van der Waals surface area contributed by atoms with Crippen molar-refractivity contribution in [2.75, 3.05) is 7.05 Å². The highest BCUT2D eigenvalue weighted by Gasteiger charge is 2.13. The van der Waals surface area contributed by atoms with Gasteiger partial charge in [0.1, 0.15) is 5.82 Å². The predicted molar refractivity (Wildman–Crippen MR) is 81.2 cm³/mol. The van der Waals surface area contributed by atoms with Crippen LogP contribution in [0, 0.1) is 16.3 Å². The zero-order valence-corrected chi connectivity index (χ0v) is 12.5. The van der Waals surface area contributed by atoms with Gasteiger partial charge in [0.05, 0.1) is 6.04 Å². The highest BCUT2D eigenvalue weighted by atomic mass is 127. The standard InChI is InChI=1S/C15H15FIN/c1-10-7-12(9-13(16)8-10)15(18-2)11-3-5-14(17)6-4-11/h3-9,15,18H,1-2H3. The molecule has 18 heavy (non-hydrogen) atoms. The number of aryl methyl sites for hydroxylation is 1. The van der Waals surface area contributed by atoms with Crippen molar-refractivity contribution in [1.29, 1.82) is 0 Å². The van der Waals surface area contributed by atoms with Gasteiger partial charge in [-0.25, -0.2) is 4.39 Å². The summed E-state index contributed by atoms with van der Waals surface area (Å²) in [5.41, 5.74) is 3.04. The molecule has 1 unspecified atom stereocenters.